The maximum absolute atomic E-state index is 6.13. The highest BCUT2D eigenvalue weighted by molar-refractivity contribution is 8.19. The molecule has 1 aliphatic rings. The van der Waals surface area contributed by atoms with E-state index in [1.165, 1.54) is 16.4 Å². The first-order valence-corrected chi connectivity index (χ1v) is 10.00. The van der Waals surface area contributed by atoms with Crippen LogP contribution in [0.3, 0.4) is 0 Å². The van der Waals surface area contributed by atoms with Crippen molar-refractivity contribution in [3.63, 3.8) is 0 Å². The van der Waals surface area contributed by atoms with Crippen molar-refractivity contribution in [2.75, 3.05) is 6.16 Å². The van der Waals surface area contributed by atoms with E-state index in [4.69, 9.17) is 11.8 Å². The summed E-state index contributed by atoms with van der Waals surface area (Å²) in [4.78, 5) is 0. The standard InChI is InChI=1S/C18H17PS/c20-19(15-16-9-3-1-4-10-16)14-8-7-13-18(19)17-11-5-2-6-12-17/h1-13H,14-15H2. The SMILES string of the molecule is S=P1(Cc2ccccc2)CC=CC=C1c1ccccc1. The van der Waals surface area contributed by atoms with Gasteiger partial charge in [0.15, 0.2) is 0 Å². The van der Waals surface area contributed by atoms with Crippen molar-refractivity contribution >= 4 is 23.2 Å². The van der Waals surface area contributed by atoms with Crippen LogP contribution in [0.5, 0.6) is 0 Å². The molecule has 2 aromatic rings. The van der Waals surface area contributed by atoms with E-state index in [9.17, 15) is 0 Å². The van der Waals surface area contributed by atoms with Gasteiger partial charge in [-0.1, -0.05) is 90.7 Å². The minimum Gasteiger partial charge on any atom is -0.0919 e. The van der Waals surface area contributed by atoms with Crippen LogP contribution in [0.4, 0.5) is 0 Å². The lowest BCUT2D eigenvalue weighted by Gasteiger charge is -2.27. The molecule has 1 aliphatic heterocycles. The van der Waals surface area contributed by atoms with E-state index in [-0.39, 0.29) is 0 Å². The van der Waals surface area contributed by atoms with E-state index in [0.29, 0.717) is 0 Å². The van der Waals surface area contributed by atoms with Crippen LogP contribution < -0.4 is 0 Å². The van der Waals surface area contributed by atoms with E-state index in [0.717, 1.165) is 12.3 Å². The Morgan fingerprint density at radius 2 is 1.55 bits per heavy atom. The summed E-state index contributed by atoms with van der Waals surface area (Å²) in [5.41, 5.74) is 2.64. The lowest BCUT2D eigenvalue weighted by Crippen LogP contribution is -1.98. The fraction of sp³-hybridized carbons (Fsp3) is 0.111. The maximum atomic E-state index is 6.13. The largest absolute Gasteiger partial charge is 0.0919 e. The third-order valence-electron chi connectivity index (χ3n) is 3.58. The second kappa shape index (κ2) is 5.91. The molecule has 0 fully saturated rings. The van der Waals surface area contributed by atoms with Gasteiger partial charge in [0.2, 0.25) is 0 Å². The van der Waals surface area contributed by atoms with Gasteiger partial charge in [-0.25, -0.2) is 0 Å². The highest BCUT2D eigenvalue weighted by Crippen LogP contribution is 2.62. The van der Waals surface area contributed by atoms with Crippen molar-refractivity contribution in [3.8, 4) is 0 Å². The molecule has 1 atom stereocenters. The lowest BCUT2D eigenvalue weighted by atomic mass is 10.2. The van der Waals surface area contributed by atoms with Gasteiger partial charge in [0.1, 0.15) is 0 Å². The Morgan fingerprint density at radius 1 is 0.900 bits per heavy atom. The van der Waals surface area contributed by atoms with Crippen molar-refractivity contribution in [2.24, 2.45) is 0 Å². The van der Waals surface area contributed by atoms with E-state index in [2.05, 4.69) is 78.9 Å². The van der Waals surface area contributed by atoms with Crippen LogP contribution in [-0.4, -0.2) is 6.16 Å². The Morgan fingerprint density at radius 3 is 2.25 bits per heavy atom. The number of hydrogen-bond acceptors (Lipinski definition) is 1. The molecule has 0 amide bonds. The molecule has 0 aliphatic carbocycles. The molecule has 2 aromatic carbocycles. The van der Waals surface area contributed by atoms with Crippen molar-refractivity contribution in [1.82, 2.24) is 0 Å². The fourth-order valence-electron chi connectivity index (χ4n) is 2.59. The van der Waals surface area contributed by atoms with Crippen molar-refractivity contribution < 1.29 is 0 Å². The third kappa shape index (κ3) is 2.85. The first kappa shape index (κ1) is 13.5. The molecule has 1 unspecified atom stereocenters. The van der Waals surface area contributed by atoms with Crippen molar-refractivity contribution in [2.45, 2.75) is 6.16 Å². The van der Waals surface area contributed by atoms with Crippen LogP contribution in [-0.2, 0) is 18.0 Å². The van der Waals surface area contributed by atoms with E-state index in [1.807, 2.05) is 0 Å². The Kier molecular flexibility index (Phi) is 4.00. The molecular formula is C18H17PS. The summed E-state index contributed by atoms with van der Waals surface area (Å²) in [5.74, 6) is 0. The van der Waals surface area contributed by atoms with Gasteiger partial charge in [0.05, 0.1) is 0 Å². The monoisotopic (exact) mass is 296 g/mol. The molecule has 1 heterocycles. The average molecular weight is 296 g/mol. The summed E-state index contributed by atoms with van der Waals surface area (Å²) in [7, 11) is 0. The molecule has 0 bridgehead atoms. The molecule has 3 rings (SSSR count). The Labute approximate surface area is 125 Å². The molecule has 0 saturated heterocycles. The number of rotatable bonds is 3. The van der Waals surface area contributed by atoms with Gasteiger partial charge < -0.3 is 0 Å². The van der Waals surface area contributed by atoms with E-state index >= 15 is 0 Å². The van der Waals surface area contributed by atoms with E-state index in [1.54, 1.807) is 0 Å². The third-order valence-corrected chi connectivity index (χ3v) is 7.97. The summed E-state index contributed by atoms with van der Waals surface area (Å²) in [6.45, 7) is 0. The smallest absolute Gasteiger partial charge is 0.00585 e. The van der Waals surface area contributed by atoms with Crippen LogP contribution in [0.1, 0.15) is 11.1 Å². The Balaban J connectivity index is 1.97. The maximum Gasteiger partial charge on any atom is 0.00585 e. The zero-order chi connectivity index (χ0) is 13.8. The van der Waals surface area contributed by atoms with Gasteiger partial charge in [0.25, 0.3) is 0 Å². The zero-order valence-electron chi connectivity index (χ0n) is 11.3. The highest BCUT2D eigenvalue weighted by Gasteiger charge is 2.24. The Hall–Kier alpha value is -1.43. The molecule has 20 heavy (non-hydrogen) atoms. The quantitative estimate of drug-likeness (QED) is 0.695. The molecule has 100 valence electrons. The number of hydrogen-bond donors (Lipinski definition) is 0. The molecular weight excluding hydrogens is 279 g/mol. The van der Waals surface area contributed by atoms with Gasteiger partial charge in [-0.2, -0.15) is 0 Å². The van der Waals surface area contributed by atoms with E-state index < -0.39 is 6.04 Å². The number of allylic oxidation sites excluding steroid dienone is 3. The summed E-state index contributed by atoms with van der Waals surface area (Å²) in [5, 5.41) is 1.37. The van der Waals surface area contributed by atoms with Gasteiger partial charge in [-0.3, -0.25) is 0 Å². The van der Waals surface area contributed by atoms with Gasteiger partial charge in [0, 0.05) is 6.16 Å². The van der Waals surface area contributed by atoms with Crippen molar-refractivity contribution in [1.29, 1.82) is 0 Å². The predicted octanol–water partition coefficient (Wildman–Crippen LogP) is 5.28. The number of benzene rings is 2. The summed E-state index contributed by atoms with van der Waals surface area (Å²) < 4.78 is 0. The first-order chi connectivity index (χ1) is 9.78. The first-order valence-electron chi connectivity index (χ1n) is 6.83. The summed E-state index contributed by atoms with van der Waals surface area (Å²) in [6.07, 6.45) is 8.64. The summed E-state index contributed by atoms with van der Waals surface area (Å²) in [6, 6.07) is 19.7. The van der Waals surface area contributed by atoms with Crippen LogP contribution in [0.25, 0.3) is 5.31 Å². The minimum absolute atomic E-state index is 1.01. The molecule has 0 nitrogen and oxygen atoms in total. The average Bonchev–Trinajstić information content (AvgIpc) is 2.49. The molecule has 0 saturated carbocycles. The summed E-state index contributed by atoms with van der Waals surface area (Å²) >= 11 is 6.13. The highest BCUT2D eigenvalue weighted by atomic mass is 32.4. The normalized spacial score (nSPS) is 21.5. The molecule has 0 radical (unpaired) electrons. The second-order valence-corrected chi connectivity index (χ2v) is 10.1. The molecule has 0 N–H and O–H groups in total. The molecule has 0 aromatic heterocycles. The fourth-order valence-corrected chi connectivity index (χ4v) is 6.53. The van der Waals surface area contributed by atoms with Gasteiger partial charge in [-0.05, 0) is 28.6 Å². The van der Waals surface area contributed by atoms with Crippen LogP contribution in [0.2, 0.25) is 0 Å². The molecule has 0 spiro atoms. The minimum atomic E-state index is -1.56. The van der Waals surface area contributed by atoms with Crippen LogP contribution in [0, 0.1) is 0 Å². The zero-order valence-corrected chi connectivity index (χ0v) is 13.0. The Bertz CT molecular complexity index is 684. The van der Waals surface area contributed by atoms with Gasteiger partial charge in [-0.15, -0.1) is 0 Å². The second-order valence-electron chi connectivity index (χ2n) is 5.06. The van der Waals surface area contributed by atoms with Crippen molar-refractivity contribution in [3.05, 3.63) is 90.0 Å². The van der Waals surface area contributed by atoms with Crippen LogP contribution >= 0.6 is 6.04 Å². The van der Waals surface area contributed by atoms with Crippen LogP contribution in [0.15, 0.2) is 78.9 Å². The lowest BCUT2D eigenvalue weighted by molar-refractivity contribution is 1.38. The topological polar surface area (TPSA) is 0 Å². The predicted molar refractivity (Wildman–Crippen MR) is 92.9 cm³/mol. The van der Waals surface area contributed by atoms with Gasteiger partial charge >= 0.3 is 0 Å². The molecule has 2 heteroatoms.